The zero-order chi connectivity index (χ0) is 17.2. The predicted octanol–water partition coefficient (Wildman–Crippen LogP) is 0.442. The maximum Gasteiger partial charge on any atom is 0.408 e. The van der Waals surface area contributed by atoms with Gasteiger partial charge in [-0.2, -0.15) is 0 Å². The summed E-state index contributed by atoms with van der Waals surface area (Å²) in [4.78, 5) is 37.3. The Bertz CT molecular complexity index is 538. The third-order valence-corrected chi connectivity index (χ3v) is 3.64. The highest BCUT2D eigenvalue weighted by Gasteiger charge is 2.41. The van der Waals surface area contributed by atoms with E-state index in [1.54, 1.807) is 20.8 Å². The number of alkyl carbamates (subject to hydrolysis) is 1. The van der Waals surface area contributed by atoms with Gasteiger partial charge in [0.1, 0.15) is 17.7 Å². The van der Waals surface area contributed by atoms with Crippen LogP contribution in [0.25, 0.3) is 0 Å². The molecule has 0 saturated carbocycles. The van der Waals surface area contributed by atoms with Gasteiger partial charge < -0.3 is 25.4 Å². The van der Waals surface area contributed by atoms with Gasteiger partial charge in [-0.05, 0) is 33.6 Å². The quantitative estimate of drug-likeness (QED) is 0.680. The number of ether oxygens (including phenoxy) is 1. The number of hydrogen-bond acceptors (Lipinski definition) is 5. The van der Waals surface area contributed by atoms with Gasteiger partial charge in [-0.25, -0.2) is 9.59 Å². The van der Waals surface area contributed by atoms with Crippen molar-refractivity contribution in [3.05, 3.63) is 11.8 Å². The van der Waals surface area contributed by atoms with Crippen LogP contribution in [0.3, 0.4) is 0 Å². The number of allylic oxidation sites excluding steroid dienone is 1. The predicted molar refractivity (Wildman–Crippen MR) is 81.6 cm³/mol. The van der Waals surface area contributed by atoms with Crippen LogP contribution in [0.15, 0.2) is 11.8 Å². The number of carboxylic acids is 1. The Balaban J connectivity index is 2.15. The van der Waals surface area contributed by atoms with E-state index in [1.807, 2.05) is 6.08 Å². The molecule has 8 nitrogen and oxygen atoms in total. The first kappa shape index (κ1) is 17.3. The number of carbonyl (C=O) groups excluding carboxylic acids is 2. The molecule has 0 aromatic heterocycles. The highest BCUT2D eigenvalue weighted by molar-refractivity contribution is 5.91. The lowest BCUT2D eigenvalue weighted by atomic mass is 10.2. The molecule has 2 rings (SSSR count). The van der Waals surface area contributed by atoms with Crippen LogP contribution >= 0.6 is 0 Å². The van der Waals surface area contributed by atoms with Gasteiger partial charge in [0, 0.05) is 18.8 Å². The number of hydrogen-bond donors (Lipinski definition) is 3. The van der Waals surface area contributed by atoms with Crippen molar-refractivity contribution in [1.29, 1.82) is 0 Å². The number of aliphatic carboxylic acids is 1. The van der Waals surface area contributed by atoms with E-state index in [9.17, 15) is 19.5 Å². The van der Waals surface area contributed by atoms with Crippen molar-refractivity contribution in [1.82, 2.24) is 15.5 Å². The molecule has 0 aliphatic carbocycles. The van der Waals surface area contributed by atoms with Crippen molar-refractivity contribution in [3.8, 4) is 0 Å². The number of rotatable bonds is 2. The molecule has 1 saturated heterocycles. The van der Waals surface area contributed by atoms with Crippen LogP contribution in [0.2, 0.25) is 0 Å². The number of nitrogens with one attached hydrogen (secondary N) is 2. The van der Waals surface area contributed by atoms with Crippen LogP contribution in [0.4, 0.5) is 4.79 Å². The average molecular weight is 325 g/mol. The molecule has 3 N–H and O–H groups in total. The van der Waals surface area contributed by atoms with E-state index in [0.29, 0.717) is 25.1 Å². The topological polar surface area (TPSA) is 108 Å². The Hall–Kier alpha value is -2.09. The molecule has 0 radical (unpaired) electrons. The summed E-state index contributed by atoms with van der Waals surface area (Å²) in [6.07, 6.45) is 2.04. The highest BCUT2D eigenvalue weighted by atomic mass is 16.6. The van der Waals surface area contributed by atoms with E-state index >= 15 is 0 Å². The van der Waals surface area contributed by atoms with Crippen molar-refractivity contribution < 1.29 is 24.2 Å². The summed E-state index contributed by atoms with van der Waals surface area (Å²) in [5.41, 5.74) is 0.00962. The minimum Gasteiger partial charge on any atom is -0.480 e. The minimum atomic E-state index is -1.04. The molecule has 128 valence electrons. The molecule has 23 heavy (non-hydrogen) atoms. The molecule has 2 heterocycles. The molecule has 2 atom stereocenters. The van der Waals surface area contributed by atoms with Gasteiger partial charge in [0.25, 0.3) is 5.91 Å². The number of carbonyl (C=O) groups is 3. The van der Waals surface area contributed by atoms with Crippen molar-refractivity contribution in [2.24, 2.45) is 0 Å². The van der Waals surface area contributed by atoms with Crippen molar-refractivity contribution >= 4 is 18.0 Å². The number of nitrogens with zero attached hydrogens (tertiary/aromatic N) is 1. The second-order valence-corrected chi connectivity index (χ2v) is 6.65. The van der Waals surface area contributed by atoms with Gasteiger partial charge in [0.05, 0.1) is 0 Å². The Labute approximate surface area is 134 Å². The molecule has 0 aromatic rings. The van der Waals surface area contributed by atoms with Gasteiger partial charge in [0.2, 0.25) is 0 Å². The molecule has 1 fully saturated rings. The van der Waals surface area contributed by atoms with Gasteiger partial charge in [0.15, 0.2) is 0 Å². The lowest BCUT2D eigenvalue weighted by Gasteiger charge is -2.30. The number of amides is 2. The second kappa shape index (κ2) is 6.57. The smallest absolute Gasteiger partial charge is 0.408 e. The van der Waals surface area contributed by atoms with E-state index in [1.165, 1.54) is 4.90 Å². The van der Waals surface area contributed by atoms with E-state index in [0.717, 1.165) is 0 Å². The summed E-state index contributed by atoms with van der Waals surface area (Å²) < 4.78 is 5.17. The number of carboxylic acid groups (broad SMARTS) is 1. The zero-order valence-corrected chi connectivity index (χ0v) is 13.6. The molecular formula is C15H23N3O5. The van der Waals surface area contributed by atoms with E-state index in [2.05, 4.69) is 10.6 Å². The summed E-state index contributed by atoms with van der Waals surface area (Å²) in [5.74, 6) is -1.47. The van der Waals surface area contributed by atoms with E-state index < -0.39 is 35.7 Å². The minimum absolute atomic E-state index is 0.213. The molecule has 0 aromatic carbocycles. The first-order chi connectivity index (χ1) is 10.7. The summed E-state index contributed by atoms with van der Waals surface area (Å²) in [7, 11) is 0. The van der Waals surface area contributed by atoms with Gasteiger partial charge in [-0.3, -0.25) is 4.79 Å². The zero-order valence-electron chi connectivity index (χ0n) is 13.6. The molecular weight excluding hydrogens is 302 g/mol. The lowest BCUT2D eigenvalue weighted by molar-refractivity contribution is -0.147. The fourth-order valence-corrected chi connectivity index (χ4v) is 2.70. The Morgan fingerprint density at radius 1 is 1.43 bits per heavy atom. The van der Waals surface area contributed by atoms with Crippen molar-refractivity contribution in [3.63, 3.8) is 0 Å². The summed E-state index contributed by atoms with van der Waals surface area (Å²) in [6.45, 7) is 5.91. The van der Waals surface area contributed by atoms with Crippen molar-refractivity contribution in [2.75, 3.05) is 13.1 Å². The monoisotopic (exact) mass is 325 g/mol. The molecule has 2 aliphatic rings. The van der Waals surface area contributed by atoms with Gasteiger partial charge >= 0.3 is 12.1 Å². The maximum absolute atomic E-state index is 12.7. The van der Waals surface area contributed by atoms with Crippen LogP contribution in [0.5, 0.6) is 0 Å². The van der Waals surface area contributed by atoms with Gasteiger partial charge in [-0.15, -0.1) is 0 Å². The maximum atomic E-state index is 12.7. The third kappa shape index (κ3) is 4.22. The lowest BCUT2D eigenvalue weighted by Crippen LogP contribution is -2.56. The van der Waals surface area contributed by atoms with Crippen LogP contribution < -0.4 is 10.6 Å². The largest absolute Gasteiger partial charge is 0.480 e. The summed E-state index contributed by atoms with van der Waals surface area (Å²) in [6, 6.07) is -1.75. The summed E-state index contributed by atoms with van der Waals surface area (Å²) >= 11 is 0. The van der Waals surface area contributed by atoms with Crippen LogP contribution in [0.1, 0.15) is 33.6 Å². The Morgan fingerprint density at radius 2 is 2.13 bits per heavy atom. The van der Waals surface area contributed by atoms with E-state index in [4.69, 9.17) is 4.74 Å². The second-order valence-electron chi connectivity index (χ2n) is 6.65. The van der Waals surface area contributed by atoms with E-state index in [-0.39, 0.29) is 6.54 Å². The average Bonchev–Trinajstić information content (AvgIpc) is 2.81. The Morgan fingerprint density at radius 3 is 2.74 bits per heavy atom. The number of fused-ring (bicyclic) bond motifs is 1. The van der Waals surface area contributed by atoms with Crippen LogP contribution in [-0.2, 0) is 14.3 Å². The molecule has 2 aliphatic heterocycles. The SMILES string of the molecule is CC(C)(C)OC(=O)N[C@H]1CNC/C=C2/CC[C@@H](C(=O)O)N2C1=O. The molecule has 0 spiro atoms. The standard InChI is InChI=1S/C15H23N3O5/c1-15(2,3)23-14(22)17-10-8-16-7-6-9-4-5-11(13(20)21)18(9)12(10)19/h6,10-11,16H,4-5,7-8H2,1-3H3,(H,17,22)(H,20,21)/b9-6-/t10-,11-/m0/s1. The summed E-state index contributed by atoms with van der Waals surface area (Å²) in [5, 5.41) is 14.9. The fraction of sp³-hybridized carbons (Fsp3) is 0.667. The molecule has 8 heteroatoms. The third-order valence-electron chi connectivity index (χ3n) is 3.64. The molecule has 0 unspecified atom stereocenters. The molecule has 2 amide bonds. The fourth-order valence-electron chi connectivity index (χ4n) is 2.70. The Kier molecular flexibility index (Phi) is 4.93. The normalized spacial score (nSPS) is 27.3. The molecule has 0 bridgehead atoms. The van der Waals surface area contributed by atoms with Crippen LogP contribution in [0, 0.1) is 0 Å². The highest BCUT2D eigenvalue weighted by Crippen LogP contribution is 2.29. The first-order valence-corrected chi connectivity index (χ1v) is 7.64. The van der Waals surface area contributed by atoms with Crippen LogP contribution in [-0.4, -0.2) is 58.8 Å². The van der Waals surface area contributed by atoms with Crippen molar-refractivity contribution in [2.45, 2.75) is 51.3 Å². The first-order valence-electron chi connectivity index (χ1n) is 7.64. The van der Waals surface area contributed by atoms with Gasteiger partial charge in [-0.1, -0.05) is 6.08 Å².